The number of H-pyrrole nitrogens is 1. The lowest BCUT2D eigenvalue weighted by Crippen LogP contribution is -2.48. The number of aromatic nitrogens is 1. The molecule has 0 bridgehead atoms. The number of para-hydroxylation sites is 1. The predicted octanol–water partition coefficient (Wildman–Crippen LogP) is 3.49. The van der Waals surface area contributed by atoms with Crippen LogP contribution in [-0.4, -0.2) is 56.8 Å². The monoisotopic (exact) mass is 489 g/mol. The van der Waals surface area contributed by atoms with Crippen LogP contribution < -0.4 is 14.8 Å². The average Bonchev–Trinajstić information content (AvgIpc) is 3.26. The van der Waals surface area contributed by atoms with Gasteiger partial charge in [-0.05, 0) is 54.7 Å². The number of rotatable bonds is 12. The van der Waals surface area contributed by atoms with Crippen molar-refractivity contribution in [2.75, 3.05) is 31.4 Å². The van der Waals surface area contributed by atoms with E-state index in [0.29, 0.717) is 18.7 Å². The SMILES string of the molecule is CCS(=O)(=O)NC(CCSC)C(=O)NCC(c1ccc(OC)cc1)c1c[nH]c2ccccc12. The Morgan fingerprint density at radius 1 is 1.15 bits per heavy atom. The molecular weight excluding hydrogens is 458 g/mol. The molecule has 0 spiro atoms. The molecule has 3 aromatic rings. The van der Waals surface area contributed by atoms with Gasteiger partial charge in [-0.1, -0.05) is 30.3 Å². The van der Waals surface area contributed by atoms with E-state index in [0.717, 1.165) is 27.8 Å². The van der Waals surface area contributed by atoms with Crippen LogP contribution in [0.1, 0.15) is 30.4 Å². The molecule has 1 heterocycles. The second-order valence-electron chi connectivity index (χ2n) is 7.72. The molecule has 33 heavy (non-hydrogen) atoms. The first kappa shape index (κ1) is 25.1. The summed E-state index contributed by atoms with van der Waals surface area (Å²) < 4.78 is 32.1. The van der Waals surface area contributed by atoms with Crippen LogP contribution in [0.25, 0.3) is 10.9 Å². The van der Waals surface area contributed by atoms with Gasteiger partial charge in [0.15, 0.2) is 0 Å². The van der Waals surface area contributed by atoms with Gasteiger partial charge < -0.3 is 15.0 Å². The standard InChI is InChI=1S/C24H31N3O4S2/c1-4-33(29,30)27-23(13-14-32-3)24(28)26-15-20(17-9-11-18(31-2)12-10-17)21-16-25-22-8-6-5-7-19(21)22/h5-12,16,20,23,25,27H,4,13-15H2,1-3H3,(H,26,28). The molecular formula is C24H31N3O4S2. The molecule has 0 saturated heterocycles. The number of amides is 1. The molecule has 1 aromatic heterocycles. The highest BCUT2D eigenvalue weighted by Gasteiger charge is 2.25. The smallest absolute Gasteiger partial charge is 0.238 e. The zero-order valence-electron chi connectivity index (χ0n) is 19.1. The first-order chi connectivity index (χ1) is 15.9. The number of carbonyl (C=O) groups excluding carboxylic acids is 1. The number of hydrogen-bond donors (Lipinski definition) is 3. The highest BCUT2D eigenvalue weighted by atomic mass is 32.2. The van der Waals surface area contributed by atoms with Crippen molar-refractivity contribution < 1.29 is 17.9 Å². The molecule has 0 fully saturated rings. The fourth-order valence-corrected chi connectivity index (χ4v) is 5.03. The van der Waals surface area contributed by atoms with Crippen LogP contribution in [0, 0.1) is 0 Å². The van der Waals surface area contributed by atoms with E-state index in [9.17, 15) is 13.2 Å². The van der Waals surface area contributed by atoms with Gasteiger partial charge in [0.05, 0.1) is 12.9 Å². The Balaban J connectivity index is 1.87. The van der Waals surface area contributed by atoms with E-state index in [1.807, 2.05) is 54.9 Å². The van der Waals surface area contributed by atoms with Gasteiger partial charge in [-0.15, -0.1) is 0 Å². The lowest BCUT2D eigenvalue weighted by Gasteiger charge is -2.22. The van der Waals surface area contributed by atoms with Gasteiger partial charge >= 0.3 is 0 Å². The van der Waals surface area contributed by atoms with E-state index in [4.69, 9.17) is 4.74 Å². The van der Waals surface area contributed by atoms with E-state index < -0.39 is 16.1 Å². The Bertz CT molecular complexity index is 1160. The van der Waals surface area contributed by atoms with Crippen LogP contribution in [0.4, 0.5) is 0 Å². The Morgan fingerprint density at radius 2 is 1.88 bits per heavy atom. The number of sulfonamides is 1. The molecule has 178 valence electrons. The highest BCUT2D eigenvalue weighted by molar-refractivity contribution is 7.98. The molecule has 2 unspecified atom stereocenters. The third-order valence-corrected chi connectivity index (χ3v) is 7.67. The lowest BCUT2D eigenvalue weighted by atomic mass is 9.90. The van der Waals surface area contributed by atoms with Crippen molar-refractivity contribution in [2.24, 2.45) is 0 Å². The molecule has 0 aliphatic heterocycles. The molecule has 0 aliphatic rings. The minimum atomic E-state index is -3.50. The Kier molecular flexibility index (Phi) is 8.82. The molecule has 1 amide bonds. The normalized spacial score (nSPS) is 13.5. The first-order valence-electron chi connectivity index (χ1n) is 10.8. The minimum Gasteiger partial charge on any atom is -0.497 e. The number of nitrogens with one attached hydrogen (secondary N) is 3. The summed E-state index contributed by atoms with van der Waals surface area (Å²) in [6, 6.07) is 15.0. The zero-order chi connectivity index (χ0) is 23.8. The minimum absolute atomic E-state index is 0.0696. The van der Waals surface area contributed by atoms with Gasteiger partial charge in [0.1, 0.15) is 11.8 Å². The summed E-state index contributed by atoms with van der Waals surface area (Å²) in [5, 5.41) is 4.08. The molecule has 3 rings (SSSR count). The molecule has 9 heteroatoms. The molecule has 2 aromatic carbocycles. The largest absolute Gasteiger partial charge is 0.497 e. The summed E-state index contributed by atoms with van der Waals surface area (Å²) in [5.41, 5.74) is 3.10. The topological polar surface area (TPSA) is 100 Å². The predicted molar refractivity (Wildman–Crippen MR) is 136 cm³/mol. The van der Waals surface area contributed by atoms with Crippen molar-refractivity contribution >= 4 is 38.6 Å². The summed E-state index contributed by atoms with van der Waals surface area (Å²) in [7, 11) is -1.88. The van der Waals surface area contributed by atoms with Crippen LogP contribution in [0.2, 0.25) is 0 Å². The van der Waals surface area contributed by atoms with Crippen molar-refractivity contribution in [1.82, 2.24) is 15.0 Å². The fraction of sp³-hybridized carbons (Fsp3) is 0.375. The van der Waals surface area contributed by atoms with Gasteiger partial charge in [-0.25, -0.2) is 13.1 Å². The summed E-state index contributed by atoms with van der Waals surface area (Å²) in [5.74, 6) is 0.917. The Morgan fingerprint density at radius 3 is 2.55 bits per heavy atom. The second-order valence-corrected chi connectivity index (χ2v) is 10.7. The van der Waals surface area contributed by atoms with E-state index >= 15 is 0 Å². The van der Waals surface area contributed by atoms with Gasteiger partial charge in [0, 0.05) is 29.6 Å². The number of hydrogen-bond acceptors (Lipinski definition) is 5. The van der Waals surface area contributed by atoms with Crippen molar-refractivity contribution in [3.8, 4) is 5.75 Å². The molecule has 3 N–H and O–H groups in total. The molecule has 2 atom stereocenters. The Labute approximate surface area is 199 Å². The second kappa shape index (κ2) is 11.6. The van der Waals surface area contributed by atoms with Crippen LogP contribution in [0.15, 0.2) is 54.7 Å². The maximum Gasteiger partial charge on any atom is 0.238 e. The third kappa shape index (κ3) is 6.52. The Hall–Kier alpha value is -2.49. The lowest BCUT2D eigenvalue weighted by molar-refractivity contribution is -0.122. The van der Waals surface area contributed by atoms with Gasteiger partial charge in [0.25, 0.3) is 0 Å². The van der Waals surface area contributed by atoms with Crippen LogP contribution in [-0.2, 0) is 14.8 Å². The van der Waals surface area contributed by atoms with E-state index in [1.54, 1.807) is 25.8 Å². The number of fused-ring (bicyclic) bond motifs is 1. The summed E-state index contributed by atoms with van der Waals surface area (Å²) in [4.78, 5) is 16.3. The molecule has 0 aliphatic carbocycles. The summed E-state index contributed by atoms with van der Waals surface area (Å²) in [6.45, 7) is 1.89. The fourth-order valence-electron chi connectivity index (χ4n) is 3.73. The van der Waals surface area contributed by atoms with E-state index in [-0.39, 0.29) is 17.6 Å². The van der Waals surface area contributed by atoms with Crippen molar-refractivity contribution in [3.63, 3.8) is 0 Å². The number of carbonyl (C=O) groups is 1. The molecule has 0 saturated carbocycles. The molecule has 0 radical (unpaired) electrons. The quantitative estimate of drug-likeness (QED) is 0.362. The maximum absolute atomic E-state index is 13.0. The number of benzene rings is 2. The van der Waals surface area contributed by atoms with Crippen LogP contribution >= 0.6 is 11.8 Å². The van der Waals surface area contributed by atoms with E-state index in [2.05, 4.69) is 21.1 Å². The van der Waals surface area contributed by atoms with Crippen molar-refractivity contribution in [2.45, 2.75) is 25.3 Å². The average molecular weight is 490 g/mol. The zero-order valence-corrected chi connectivity index (χ0v) is 20.8. The van der Waals surface area contributed by atoms with Gasteiger partial charge in [-0.2, -0.15) is 11.8 Å². The van der Waals surface area contributed by atoms with Crippen LogP contribution in [0.5, 0.6) is 5.75 Å². The number of thioether (sulfide) groups is 1. The first-order valence-corrected chi connectivity index (χ1v) is 13.9. The highest BCUT2D eigenvalue weighted by Crippen LogP contribution is 2.31. The molecule has 7 nitrogen and oxygen atoms in total. The number of aromatic amines is 1. The summed E-state index contributed by atoms with van der Waals surface area (Å²) in [6.07, 6.45) is 4.32. The van der Waals surface area contributed by atoms with Gasteiger partial charge in [0.2, 0.25) is 15.9 Å². The van der Waals surface area contributed by atoms with Crippen LogP contribution in [0.3, 0.4) is 0 Å². The van der Waals surface area contributed by atoms with Crippen molar-refractivity contribution in [1.29, 1.82) is 0 Å². The third-order valence-electron chi connectivity index (χ3n) is 5.62. The van der Waals surface area contributed by atoms with E-state index in [1.165, 1.54) is 0 Å². The van der Waals surface area contributed by atoms with Crippen molar-refractivity contribution in [3.05, 3.63) is 65.9 Å². The summed E-state index contributed by atoms with van der Waals surface area (Å²) >= 11 is 1.57. The number of methoxy groups -OCH3 is 1. The van der Waals surface area contributed by atoms with Gasteiger partial charge in [-0.3, -0.25) is 4.79 Å². The maximum atomic E-state index is 13.0. The number of ether oxygens (including phenoxy) is 1.